The van der Waals surface area contributed by atoms with Crippen molar-refractivity contribution < 1.29 is 37.6 Å². The van der Waals surface area contributed by atoms with Crippen molar-refractivity contribution in [3.05, 3.63) is 60.8 Å². The molecule has 9 nitrogen and oxygen atoms in total. The Morgan fingerprint density at radius 1 is 0.612 bits per heavy atom. The molecule has 0 rings (SSSR count). The molecule has 10 heteroatoms. The molecule has 0 fully saturated rings. The van der Waals surface area contributed by atoms with Crippen LogP contribution < -0.4 is 5.73 Å². The SMILES string of the molecule is CCCC/C=C/CCCCCCCC(=O)OC[C@H](COP(=O)(O)OCCN)OC(=O)CCC/C=C/C/C=C/C/C=C/C/C=C/CCCCC. The van der Waals surface area contributed by atoms with Crippen LogP contribution >= 0.6 is 7.82 Å². The molecule has 0 aliphatic carbocycles. The van der Waals surface area contributed by atoms with Crippen molar-refractivity contribution in [2.45, 2.75) is 148 Å². The van der Waals surface area contributed by atoms with Crippen molar-refractivity contribution in [2.75, 3.05) is 26.4 Å². The molecule has 282 valence electrons. The average Bonchev–Trinajstić information content (AvgIpc) is 3.08. The zero-order chi connectivity index (χ0) is 36.1. The third-order valence-electron chi connectivity index (χ3n) is 7.38. The van der Waals surface area contributed by atoms with Crippen LogP contribution in [-0.2, 0) is 32.7 Å². The van der Waals surface area contributed by atoms with E-state index in [0.717, 1.165) is 57.8 Å². The molecule has 0 radical (unpaired) electrons. The summed E-state index contributed by atoms with van der Waals surface area (Å²) in [5, 5.41) is 0. The minimum atomic E-state index is -4.39. The Labute approximate surface area is 298 Å². The van der Waals surface area contributed by atoms with E-state index in [-0.39, 0.29) is 32.6 Å². The van der Waals surface area contributed by atoms with Gasteiger partial charge in [-0.15, -0.1) is 0 Å². The molecule has 0 aromatic carbocycles. The summed E-state index contributed by atoms with van der Waals surface area (Å²) in [6, 6.07) is 0. The summed E-state index contributed by atoms with van der Waals surface area (Å²) in [6.45, 7) is 3.56. The molecule has 0 saturated heterocycles. The Morgan fingerprint density at radius 3 is 1.71 bits per heavy atom. The largest absolute Gasteiger partial charge is 0.472 e. The van der Waals surface area contributed by atoms with Crippen molar-refractivity contribution in [2.24, 2.45) is 5.73 Å². The van der Waals surface area contributed by atoms with Crippen LogP contribution in [-0.4, -0.2) is 49.3 Å². The molecule has 0 spiro atoms. The molecule has 0 aliphatic heterocycles. The summed E-state index contributed by atoms with van der Waals surface area (Å²) >= 11 is 0. The second-order valence-electron chi connectivity index (χ2n) is 12.1. The Balaban J connectivity index is 4.37. The van der Waals surface area contributed by atoms with Crippen LogP contribution in [0, 0.1) is 0 Å². The highest BCUT2D eigenvalue weighted by atomic mass is 31.2. The molecular weight excluding hydrogens is 641 g/mol. The zero-order valence-electron chi connectivity index (χ0n) is 30.7. The van der Waals surface area contributed by atoms with Gasteiger partial charge in [0.05, 0.1) is 13.2 Å². The maximum Gasteiger partial charge on any atom is 0.472 e. The fourth-order valence-corrected chi connectivity index (χ4v) is 5.31. The summed E-state index contributed by atoms with van der Waals surface area (Å²) in [5.41, 5.74) is 5.32. The molecule has 49 heavy (non-hydrogen) atoms. The van der Waals surface area contributed by atoms with Gasteiger partial charge in [0.25, 0.3) is 0 Å². The first-order chi connectivity index (χ1) is 23.8. The van der Waals surface area contributed by atoms with E-state index in [4.69, 9.17) is 24.3 Å². The number of phosphoric acid groups is 1. The van der Waals surface area contributed by atoms with Gasteiger partial charge in [0.2, 0.25) is 0 Å². The van der Waals surface area contributed by atoms with Crippen LogP contribution in [0.5, 0.6) is 0 Å². The van der Waals surface area contributed by atoms with Gasteiger partial charge in [-0.3, -0.25) is 18.6 Å². The van der Waals surface area contributed by atoms with Crippen molar-refractivity contribution in [3.8, 4) is 0 Å². The molecule has 0 aliphatic rings. The molecule has 0 bridgehead atoms. The number of carbonyl (C=O) groups excluding carboxylic acids is 2. The Hall–Kier alpha value is -2.29. The van der Waals surface area contributed by atoms with Gasteiger partial charge in [0, 0.05) is 19.4 Å². The third kappa shape index (κ3) is 35.3. The van der Waals surface area contributed by atoms with Gasteiger partial charge in [-0.2, -0.15) is 0 Å². The lowest BCUT2D eigenvalue weighted by molar-refractivity contribution is -0.161. The molecular formula is C39H68NO8P. The van der Waals surface area contributed by atoms with Crippen LogP contribution in [0.25, 0.3) is 0 Å². The highest BCUT2D eigenvalue weighted by Crippen LogP contribution is 2.43. The number of phosphoric ester groups is 1. The van der Waals surface area contributed by atoms with Crippen LogP contribution in [0.4, 0.5) is 0 Å². The number of allylic oxidation sites excluding steroid dienone is 10. The predicted octanol–water partition coefficient (Wildman–Crippen LogP) is 10.2. The molecule has 0 amide bonds. The van der Waals surface area contributed by atoms with Crippen molar-refractivity contribution in [3.63, 3.8) is 0 Å². The summed E-state index contributed by atoms with van der Waals surface area (Å²) in [7, 11) is -4.39. The van der Waals surface area contributed by atoms with Gasteiger partial charge in [0.15, 0.2) is 6.10 Å². The summed E-state index contributed by atoms with van der Waals surface area (Å²) in [6.07, 6.45) is 39.7. The van der Waals surface area contributed by atoms with Gasteiger partial charge in [-0.05, 0) is 70.6 Å². The van der Waals surface area contributed by atoms with E-state index in [1.165, 1.54) is 38.5 Å². The monoisotopic (exact) mass is 709 g/mol. The summed E-state index contributed by atoms with van der Waals surface area (Å²) < 4.78 is 32.5. The van der Waals surface area contributed by atoms with E-state index < -0.39 is 32.5 Å². The second-order valence-corrected chi connectivity index (χ2v) is 13.5. The third-order valence-corrected chi connectivity index (χ3v) is 8.36. The van der Waals surface area contributed by atoms with E-state index in [1.807, 2.05) is 6.08 Å². The van der Waals surface area contributed by atoms with Gasteiger partial charge in [-0.1, -0.05) is 120 Å². The highest BCUT2D eigenvalue weighted by Gasteiger charge is 2.25. The molecule has 0 saturated carbocycles. The highest BCUT2D eigenvalue weighted by molar-refractivity contribution is 7.47. The van der Waals surface area contributed by atoms with E-state index >= 15 is 0 Å². The number of hydrogen-bond donors (Lipinski definition) is 2. The van der Waals surface area contributed by atoms with Crippen LogP contribution in [0.15, 0.2) is 60.8 Å². The first-order valence-corrected chi connectivity index (χ1v) is 20.3. The van der Waals surface area contributed by atoms with Gasteiger partial charge in [-0.25, -0.2) is 4.57 Å². The fourth-order valence-electron chi connectivity index (χ4n) is 4.55. The standard InChI is InChI=1S/C39H68NO8P/c1-3-5-7-9-11-13-15-16-17-18-19-20-22-24-26-28-30-32-39(42)48-37(36-47-49(43,44)46-34-33-40)35-45-38(41)31-29-27-25-23-21-14-12-10-8-6-4-2/h10-13,16-17,19-20,24,26,37H,3-9,14-15,18,21-23,25,27-36,40H2,1-2H3,(H,43,44)/b12-10+,13-11+,17-16+,20-19+,26-24+/t37-/m1/s1. The lowest BCUT2D eigenvalue weighted by atomic mass is 10.1. The average molecular weight is 710 g/mol. The van der Waals surface area contributed by atoms with Crippen LogP contribution in [0.1, 0.15) is 142 Å². The van der Waals surface area contributed by atoms with E-state index in [0.29, 0.717) is 19.3 Å². The van der Waals surface area contributed by atoms with E-state index in [2.05, 4.69) is 68.5 Å². The predicted molar refractivity (Wildman–Crippen MR) is 201 cm³/mol. The number of hydrogen-bond acceptors (Lipinski definition) is 8. The van der Waals surface area contributed by atoms with Gasteiger partial charge >= 0.3 is 19.8 Å². The Morgan fingerprint density at radius 2 is 1.10 bits per heavy atom. The second kappa shape index (κ2) is 35.5. The normalized spacial score (nSPS) is 14.1. The molecule has 0 aromatic heterocycles. The fraction of sp³-hybridized carbons (Fsp3) is 0.692. The zero-order valence-corrected chi connectivity index (χ0v) is 31.5. The van der Waals surface area contributed by atoms with Gasteiger partial charge in [0.1, 0.15) is 6.61 Å². The number of nitrogens with two attached hydrogens (primary N) is 1. The quantitative estimate of drug-likeness (QED) is 0.0290. The van der Waals surface area contributed by atoms with Crippen LogP contribution in [0.2, 0.25) is 0 Å². The number of esters is 2. The minimum Gasteiger partial charge on any atom is -0.462 e. The summed E-state index contributed by atoms with van der Waals surface area (Å²) in [5.74, 6) is -0.914. The molecule has 2 atom stereocenters. The van der Waals surface area contributed by atoms with Crippen LogP contribution in [0.3, 0.4) is 0 Å². The minimum absolute atomic E-state index is 0.0411. The van der Waals surface area contributed by atoms with E-state index in [1.54, 1.807) is 0 Å². The number of unbranched alkanes of at least 4 members (excludes halogenated alkanes) is 11. The maximum absolute atomic E-state index is 12.5. The van der Waals surface area contributed by atoms with Crippen molar-refractivity contribution in [1.29, 1.82) is 0 Å². The molecule has 3 N–H and O–H groups in total. The first-order valence-electron chi connectivity index (χ1n) is 18.8. The number of carbonyl (C=O) groups is 2. The van der Waals surface area contributed by atoms with Crippen molar-refractivity contribution >= 4 is 19.8 Å². The lowest BCUT2D eigenvalue weighted by Crippen LogP contribution is -2.29. The lowest BCUT2D eigenvalue weighted by Gasteiger charge is -2.19. The number of rotatable bonds is 34. The Bertz CT molecular complexity index is 992. The Kier molecular flexibility index (Phi) is 33.9. The molecule has 0 aromatic rings. The molecule has 1 unspecified atom stereocenters. The van der Waals surface area contributed by atoms with Crippen molar-refractivity contribution in [1.82, 2.24) is 0 Å². The maximum atomic E-state index is 12.5. The van der Waals surface area contributed by atoms with Gasteiger partial charge < -0.3 is 20.1 Å². The first kappa shape index (κ1) is 46.7. The smallest absolute Gasteiger partial charge is 0.462 e. The number of ether oxygens (including phenoxy) is 2. The topological polar surface area (TPSA) is 134 Å². The van der Waals surface area contributed by atoms with E-state index in [9.17, 15) is 19.0 Å². The summed E-state index contributed by atoms with van der Waals surface area (Å²) in [4.78, 5) is 34.6. The molecule has 0 heterocycles.